The van der Waals surface area contributed by atoms with Crippen LogP contribution in [0.1, 0.15) is 119 Å². The summed E-state index contributed by atoms with van der Waals surface area (Å²) in [7, 11) is 2.92. The second-order valence-corrected chi connectivity index (χ2v) is 17.6. The second kappa shape index (κ2) is 22.2. The number of carbonyl (C=O) groups is 4. The second-order valence-electron chi connectivity index (χ2n) is 17.6. The topological polar surface area (TPSA) is 164 Å². The van der Waals surface area contributed by atoms with Crippen molar-refractivity contribution < 1.29 is 52.4 Å². The number of rotatable bonds is 7. The summed E-state index contributed by atoms with van der Waals surface area (Å²) in [6.07, 6.45) is 3.96. The lowest BCUT2D eigenvalue weighted by Gasteiger charge is -2.47. The highest BCUT2D eigenvalue weighted by molar-refractivity contribution is 6.39. The number of nitrogens with two attached hydrogens (primary N) is 1. The van der Waals surface area contributed by atoms with Crippen molar-refractivity contribution in [1.82, 2.24) is 4.90 Å². The minimum atomic E-state index is -2.56. The normalized spacial score (nSPS) is 39.8. The highest BCUT2D eigenvalue weighted by atomic mass is 19.1. The molecule has 4 rings (SSSR count). The highest BCUT2D eigenvalue weighted by Gasteiger charge is 2.56. The molecule has 2 bridgehead atoms. The molecule has 14 unspecified atom stereocenters. The summed E-state index contributed by atoms with van der Waals surface area (Å²) in [5.41, 5.74) is 7.64. The standard InChI is InChI=1S/C46H71FN2O10/c1-10-12-21-57-37-26-32(17-18-34(37)48)22-30(6)41-27(3)16-19-36(50)33(11-2)23-28(4)40(47)29(5)24-38(55-8)42-39(56-9)25-31(7)46(54,59-42)43(51)44(52)49-20-14-13-15-35(49)45(53)58-41/h22-23,27,29,31-35,37-42,54H,11,13-21,24-26,48H2,1-9H3/b28-23+,30-22?. The fraction of sp³-hybridized carbons (Fsp3) is 0.783. The van der Waals surface area contributed by atoms with Crippen LogP contribution in [0.5, 0.6) is 0 Å². The number of methoxy groups -OCH3 is 2. The van der Waals surface area contributed by atoms with Gasteiger partial charge in [0.1, 0.15) is 36.8 Å². The number of ketones is 2. The lowest BCUT2D eigenvalue weighted by atomic mass is 9.81. The molecule has 0 aromatic rings. The first-order chi connectivity index (χ1) is 28.0. The first-order valence-corrected chi connectivity index (χ1v) is 21.8. The molecule has 0 aromatic carbocycles. The van der Waals surface area contributed by atoms with Gasteiger partial charge in [-0.05, 0) is 114 Å². The molecule has 0 radical (unpaired) electrons. The quantitative estimate of drug-likeness (QED) is 0.138. The third-order valence-electron chi connectivity index (χ3n) is 13.3. The smallest absolute Gasteiger partial charge is 0.329 e. The van der Waals surface area contributed by atoms with Crippen LogP contribution in [0.4, 0.5) is 4.39 Å². The van der Waals surface area contributed by atoms with Crippen LogP contribution in [-0.4, -0.2) is 115 Å². The number of carbonyl (C=O) groups excluding carboxylic acids is 4. The summed E-state index contributed by atoms with van der Waals surface area (Å²) in [5, 5.41) is 12.0. The van der Waals surface area contributed by atoms with Gasteiger partial charge in [0, 0.05) is 45.1 Å². The van der Waals surface area contributed by atoms with Gasteiger partial charge in [0.15, 0.2) is 0 Å². The minimum Gasteiger partial charge on any atom is -0.456 e. The van der Waals surface area contributed by atoms with Crippen molar-refractivity contribution >= 4 is 23.4 Å². The molecule has 2 saturated heterocycles. The molecule has 1 aliphatic carbocycles. The molecule has 4 aliphatic rings. The number of amides is 1. The minimum absolute atomic E-state index is 0.0307. The molecule has 0 aromatic heterocycles. The summed E-state index contributed by atoms with van der Waals surface area (Å²) in [4.78, 5) is 57.8. The number of esters is 1. The first kappa shape index (κ1) is 48.7. The van der Waals surface area contributed by atoms with Crippen LogP contribution in [0.15, 0.2) is 23.3 Å². The monoisotopic (exact) mass is 831 g/mol. The van der Waals surface area contributed by atoms with Crippen molar-refractivity contribution in [2.75, 3.05) is 27.4 Å². The zero-order valence-corrected chi connectivity index (χ0v) is 36.9. The molecular formula is C46H71FN2O10. The van der Waals surface area contributed by atoms with Crippen LogP contribution in [0.2, 0.25) is 0 Å². The van der Waals surface area contributed by atoms with Gasteiger partial charge in [0.05, 0.1) is 18.3 Å². The molecular weight excluding hydrogens is 760 g/mol. The molecule has 13 heteroatoms. The van der Waals surface area contributed by atoms with E-state index in [1.54, 1.807) is 33.8 Å². The summed E-state index contributed by atoms with van der Waals surface area (Å²) >= 11 is 0. The van der Waals surface area contributed by atoms with Gasteiger partial charge in [-0.3, -0.25) is 14.4 Å². The number of hydrogen-bond donors (Lipinski definition) is 2. The van der Waals surface area contributed by atoms with E-state index in [-0.39, 0.29) is 68.6 Å². The van der Waals surface area contributed by atoms with Gasteiger partial charge in [0.25, 0.3) is 11.7 Å². The number of piperidine rings is 1. The number of cyclic esters (lactones) is 1. The Labute approximate surface area is 351 Å². The Hall–Kier alpha value is -2.99. The predicted molar refractivity (Wildman–Crippen MR) is 221 cm³/mol. The largest absolute Gasteiger partial charge is 0.456 e. The van der Waals surface area contributed by atoms with Gasteiger partial charge in [-0.25, -0.2) is 9.18 Å². The maximum absolute atomic E-state index is 16.2. The van der Waals surface area contributed by atoms with Crippen LogP contribution in [0.3, 0.4) is 0 Å². The fourth-order valence-corrected chi connectivity index (χ4v) is 9.50. The molecule has 3 fully saturated rings. The average molecular weight is 831 g/mol. The third kappa shape index (κ3) is 11.9. The number of Topliss-reactive ketones (excluding diaryl/α,β-unsaturated/α-hetero) is 2. The summed E-state index contributed by atoms with van der Waals surface area (Å²) < 4.78 is 46.4. The van der Waals surface area contributed by atoms with Crippen molar-refractivity contribution in [2.24, 2.45) is 35.3 Å². The molecule has 59 heavy (non-hydrogen) atoms. The number of allylic oxidation sites excluding steroid dienone is 3. The van der Waals surface area contributed by atoms with Crippen LogP contribution in [0.25, 0.3) is 0 Å². The Morgan fingerprint density at radius 1 is 1.02 bits per heavy atom. The summed E-state index contributed by atoms with van der Waals surface area (Å²) in [6.45, 7) is 12.9. The Morgan fingerprint density at radius 2 is 1.71 bits per heavy atom. The van der Waals surface area contributed by atoms with Crippen molar-refractivity contribution in [2.45, 2.75) is 174 Å². The molecule has 3 aliphatic heterocycles. The highest BCUT2D eigenvalue weighted by Crippen LogP contribution is 2.39. The predicted octanol–water partition coefficient (Wildman–Crippen LogP) is 5.81. The first-order valence-electron chi connectivity index (χ1n) is 21.8. The zero-order valence-electron chi connectivity index (χ0n) is 36.9. The average Bonchev–Trinajstić information content (AvgIpc) is 3.23. The number of fused-ring (bicyclic) bond motifs is 3. The van der Waals surface area contributed by atoms with Gasteiger partial charge >= 0.3 is 5.97 Å². The van der Waals surface area contributed by atoms with Gasteiger partial charge in [-0.2, -0.15) is 0 Å². The molecule has 3 heterocycles. The van der Waals surface area contributed by atoms with E-state index in [4.69, 9.17) is 29.4 Å². The Balaban J connectivity index is 1.74. The van der Waals surface area contributed by atoms with Crippen molar-refractivity contribution in [3.63, 3.8) is 0 Å². The SMILES string of the molecule is CC#CCOC1CC(C=C(C)C2OC(=O)C3CCCCN3C(=O)C(=O)C3(O)OC(C(OC)CC(C)C(F)/C(C)=C/C(CC)C(=O)CCC2C)C(OC)CC3C)CCC1N. The van der Waals surface area contributed by atoms with Crippen molar-refractivity contribution in [3.05, 3.63) is 23.3 Å². The number of alkyl halides is 1. The Morgan fingerprint density at radius 3 is 2.37 bits per heavy atom. The molecule has 0 spiro atoms. The summed E-state index contributed by atoms with van der Waals surface area (Å²) in [5.74, 6) is -1.93. The number of ether oxygens (including phenoxy) is 5. The summed E-state index contributed by atoms with van der Waals surface area (Å²) in [6, 6.07) is -1.21. The van der Waals surface area contributed by atoms with Crippen LogP contribution in [-0.2, 0) is 42.9 Å². The van der Waals surface area contributed by atoms with Crippen LogP contribution in [0, 0.1) is 41.4 Å². The van der Waals surface area contributed by atoms with Gasteiger partial charge < -0.3 is 39.4 Å². The van der Waals surface area contributed by atoms with E-state index in [1.165, 1.54) is 19.1 Å². The third-order valence-corrected chi connectivity index (χ3v) is 13.3. The maximum Gasteiger partial charge on any atom is 0.329 e. The number of hydrogen-bond acceptors (Lipinski definition) is 11. The number of aliphatic hydroxyl groups is 1. The van der Waals surface area contributed by atoms with Crippen molar-refractivity contribution in [3.8, 4) is 11.8 Å². The number of halogens is 1. The molecule has 1 saturated carbocycles. The Kier molecular flexibility index (Phi) is 18.3. The maximum atomic E-state index is 16.2. The van der Waals surface area contributed by atoms with Gasteiger partial charge in [-0.15, -0.1) is 5.92 Å². The lowest BCUT2D eigenvalue weighted by Crippen LogP contribution is -2.64. The Bertz CT molecular complexity index is 1590. The van der Waals surface area contributed by atoms with Crippen LogP contribution >= 0.6 is 0 Å². The van der Waals surface area contributed by atoms with E-state index in [9.17, 15) is 24.3 Å². The molecule has 12 nitrogen and oxygen atoms in total. The number of nitrogens with zero attached hydrogens (tertiary/aromatic N) is 1. The van der Waals surface area contributed by atoms with E-state index in [2.05, 4.69) is 17.9 Å². The molecule has 3 N–H and O–H groups in total. The van der Waals surface area contributed by atoms with E-state index in [0.717, 1.165) is 18.4 Å². The fourth-order valence-electron chi connectivity index (χ4n) is 9.50. The van der Waals surface area contributed by atoms with Gasteiger partial charge in [0.2, 0.25) is 5.79 Å². The molecule has 332 valence electrons. The van der Waals surface area contributed by atoms with E-state index in [1.807, 2.05) is 20.8 Å². The molecule has 14 atom stereocenters. The van der Waals surface area contributed by atoms with E-state index >= 15 is 4.39 Å². The zero-order chi connectivity index (χ0) is 43.6. The lowest BCUT2D eigenvalue weighted by molar-refractivity contribution is -0.302. The molecule has 1 amide bonds. The van der Waals surface area contributed by atoms with E-state index < -0.39 is 77.8 Å². The van der Waals surface area contributed by atoms with Crippen molar-refractivity contribution in [1.29, 1.82) is 0 Å². The van der Waals surface area contributed by atoms with Gasteiger partial charge in [-0.1, -0.05) is 45.8 Å². The van der Waals surface area contributed by atoms with E-state index in [0.29, 0.717) is 37.7 Å². The van der Waals surface area contributed by atoms with Crippen LogP contribution < -0.4 is 5.73 Å².